The summed E-state index contributed by atoms with van der Waals surface area (Å²) in [6.45, 7) is 2.29. The average Bonchev–Trinajstić information content (AvgIpc) is 2.55. The molecule has 0 amide bonds. The van der Waals surface area contributed by atoms with Gasteiger partial charge >= 0.3 is 0 Å². The largest absolute Gasteiger partial charge is 0.384 e. The summed E-state index contributed by atoms with van der Waals surface area (Å²) in [5.41, 5.74) is -0.572. The van der Waals surface area contributed by atoms with Gasteiger partial charge in [-0.25, -0.2) is 0 Å². The van der Waals surface area contributed by atoms with Gasteiger partial charge in [0.15, 0.2) is 0 Å². The predicted molar refractivity (Wildman–Crippen MR) is 68.2 cm³/mol. The lowest BCUT2D eigenvalue weighted by molar-refractivity contribution is 0.0228. The van der Waals surface area contributed by atoms with Crippen molar-refractivity contribution in [2.75, 3.05) is 0 Å². The van der Waals surface area contributed by atoms with Gasteiger partial charge in [-0.2, -0.15) is 0 Å². The van der Waals surface area contributed by atoms with E-state index in [-0.39, 0.29) is 0 Å². The van der Waals surface area contributed by atoms with E-state index < -0.39 is 5.60 Å². The lowest BCUT2D eigenvalue weighted by Crippen LogP contribution is -2.23. The standard InChI is InChI=1S/C12H17BrOS/c1-9-3-2-6-12(14,7-4-9)11-10(13)5-8-15-11/h5,8-9,14H,2-4,6-7H2,1H3. The average molecular weight is 289 g/mol. The van der Waals surface area contributed by atoms with Gasteiger partial charge in [0.1, 0.15) is 0 Å². The van der Waals surface area contributed by atoms with E-state index in [0.717, 1.165) is 41.0 Å². The zero-order valence-corrected chi connectivity index (χ0v) is 11.4. The van der Waals surface area contributed by atoms with Crippen molar-refractivity contribution in [3.8, 4) is 0 Å². The summed E-state index contributed by atoms with van der Waals surface area (Å²) in [5.74, 6) is 0.762. The SMILES string of the molecule is CC1CCCC(O)(c2sccc2Br)CC1. The zero-order valence-electron chi connectivity index (χ0n) is 9.00. The summed E-state index contributed by atoms with van der Waals surface area (Å²) in [6.07, 6.45) is 5.36. The first-order valence-electron chi connectivity index (χ1n) is 5.58. The number of thiophene rings is 1. The Morgan fingerprint density at radius 1 is 1.47 bits per heavy atom. The van der Waals surface area contributed by atoms with E-state index >= 15 is 0 Å². The smallest absolute Gasteiger partial charge is 0.0999 e. The maximum Gasteiger partial charge on any atom is 0.0999 e. The molecule has 1 aliphatic rings. The number of aliphatic hydroxyl groups is 1. The zero-order chi connectivity index (χ0) is 10.9. The number of hydrogen-bond acceptors (Lipinski definition) is 2. The Balaban J connectivity index is 2.22. The normalized spacial score (nSPS) is 32.6. The minimum Gasteiger partial charge on any atom is -0.384 e. The van der Waals surface area contributed by atoms with Gasteiger partial charge < -0.3 is 5.11 Å². The topological polar surface area (TPSA) is 20.2 Å². The van der Waals surface area contributed by atoms with Crippen LogP contribution in [-0.2, 0) is 5.60 Å². The molecule has 0 saturated heterocycles. The molecule has 1 saturated carbocycles. The van der Waals surface area contributed by atoms with Crippen LogP contribution in [0.25, 0.3) is 0 Å². The molecule has 1 aliphatic carbocycles. The van der Waals surface area contributed by atoms with Crippen LogP contribution in [-0.4, -0.2) is 5.11 Å². The molecule has 2 rings (SSSR count). The maximum atomic E-state index is 10.7. The molecule has 1 aromatic heterocycles. The van der Waals surface area contributed by atoms with E-state index in [4.69, 9.17) is 0 Å². The fourth-order valence-corrected chi connectivity index (χ4v) is 4.25. The minimum atomic E-state index is -0.572. The molecule has 1 fully saturated rings. The quantitative estimate of drug-likeness (QED) is 0.764. The van der Waals surface area contributed by atoms with Gasteiger partial charge in [0, 0.05) is 4.47 Å². The summed E-state index contributed by atoms with van der Waals surface area (Å²) >= 11 is 5.20. The molecule has 1 nitrogen and oxygen atoms in total. The van der Waals surface area contributed by atoms with Gasteiger partial charge in [0.25, 0.3) is 0 Å². The van der Waals surface area contributed by atoms with Gasteiger partial charge in [-0.15, -0.1) is 11.3 Å². The summed E-state index contributed by atoms with van der Waals surface area (Å²) in [5, 5.41) is 12.7. The molecule has 1 aromatic rings. The van der Waals surface area contributed by atoms with E-state index in [9.17, 15) is 5.11 Å². The fourth-order valence-electron chi connectivity index (χ4n) is 2.35. The van der Waals surface area contributed by atoms with Crippen LogP contribution < -0.4 is 0 Å². The van der Waals surface area contributed by atoms with Crippen LogP contribution >= 0.6 is 27.3 Å². The summed E-state index contributed by atoms with van der Waals surface area (Å²) in [6, 6.07) is 2.03. The molecule has 2 atom stereocenters. The van der Waals surface area contributed by atoms with Crippen LogP contribution in [0.5, 0.6) is 0 Å². The lowest BCUT2D eigenvalue weighted by Gasteiger charge is -2.26. The van der Waals surface area contributed by atoms with Gasteiger partial charge in [-0.1, -0.05) is 13.3 Å². The molecule has 0 radical (unpaired) electrons. The van der Waals surface area contributed by atoms with Crippen LogP contribution in [0.4, 0.5) is 0 Å². The second-order valence-corrected chi connectivity index (χ2v) is 6.44. The van der Waals surface area contributed by atoms with Crippen molar-refractivity contribution in [3.05, 3.63) is 20.8 Å². The molecule has 1 heterocycles. The Morgan fingerprint density at radius 2 is 2.27 bits per heavy atom. The molecule has 84 valence electrons. The van der Waals surface area contributed by atoms with Crippen molar-refractivity contribution in [1.82, 2.24) is 0 Å². The molecule has 3 heteroatoms. The molecule has 1 N–H and O–H groups in total. The molecular formula is C12H17BrOS. The summed E-state index contributed by atoms with van der Waals surface area (Å²) in [4.78, 5) is 1.12. The highest BCUT2D eigenvalue weighted by molar-refractivity contribution is 9.10. The minimum absolute atomic E-state index is 0.572. The highest BCUT2D eigenvalue weighted by Gasteiger charge is 2.34. The highest BCUT2D eigenvalue weighted by atomic mass is 79.9. The van der Waals surface area contributed by atoms with Crippen molar-refractivity contribution >= 4 is 27.3 Å². The molecule has 15 heavy (non-hydrogen) atoms. The molecule has 2 unspecified atom stereocenters. The van der Waals surface area contributed by atoms with E-state index in [0.29, 0.717) is 0 Å². The summed E-state index contributed by atoms with van der Waals surface area (Å²) in [7, 11) is 0. The maximum absolute atomic E-state index is 10.7. The van der Waals surface area contributed by atoms with Crippen molar-refractivity contribution in [2.24, 2.45) is 5.92 Å². The third kappa shape index (κ3) is 2.45. The predicted octanol–water partition coefficient (Wildman–Crippen LogP) is 4.30. The van der Waals surface area contributed by atoms with Crippen LogP contribution in [0, 0.1) is 5.92 Å². The molecule has 0 aliphatic heterocycles. The van der Waals surface area contributed by atoms with E-state index in [1.807, 2.05) is 11.4 Å². The van der Waals surface area contributed by atoms with Gasteiger partial charge in [-0.05, 0) is 59.0 Å². The van der Waals surface area contributed by atoms with Gasteiger partial charge in [0.05, 0.1) is 10.5 Å². The lowest BCUT2D eigenvalue weighted by atomic mass is 9.92. The third-order valence-electron chi connectivity index (χ3n) is 3.38. The Kier molecular flexibility index (Phi) is 3.53. The van der Waals surface area contributed by atoms with E-state index in [1.54, 1.807) is 11.3 Å². The Labute approximate surface area is 104 Å². The van der Waals surface area contributed by atoms with Crippen LogP contribution in [0.15, 0.2) is 15.9 Å². The van der Waals surface area contributed by atoms with Crippen molar-refractivity contribution in [3.63, 3.8) is 0 Å². The second kappa shape index (κ2) is 4.56. The van der Waals surface area contributed by atoms with Crippen molar-refractivity contribution in [1.29, 1.82) is 0 Å². The number of rotatable bonds is 1. The van der Waals surface area contributed by atoms with E-state index in [2.05, 4.69) is 22.9 Å². The van der Waals surface area contributed by atoms with Gasteiger partial charge in [0.2, 0.25) is 0 Å². The molecule has 0 aromatic carbocycles. The molecule has 0 spiro atoms. The monoisotopic (exact) mass is 288 g/mol. The Morgan fingerprint density at radius 3 is 2.93 bits per heavy atom. The van der Waals surface area contributed by atoms with Crippen molar-refractivity contribution < 1.29 is 5.11 Å². The van der Waals surface area contributed by atoms with Crippen LogP contribution in [0.1, 0.15) is 43.9 Å². The molecule has 0 bridgehead atoms. The first-order chi connectivity index (χ1) is 7.12. The Bertz CT molecular complexity index is 336. The second-order valence-electron chi connectivity index (χ2n) is 4.67. The first-order valence-corrected chi connectivity index (χ1v) is 7.25. The van der Waals surface area contributed by atoms with Crippen molar-refractivity contribution in [2.45, 2.75) is 44.6 Å². The van der Waals surface area contributed by atoms with Crippen LogP contribution in [0.3, 0.4) is 0 Å². The Hall–Kier alpha value is 0.140. The van der Waals surface area contributed by atoms with Gasteiger partial charge in [-0.3, -0.25) is 0 Å². The number of hydrogen-bond donors (Lipinski definition) is 1. The van der Waals surface area contributed by atoms with E-state index in [1.165, 1.54) is 6.42 Å². The third-order valence-corrected chi connectivity index (χ3v) is 5.41. The first kappa shape index (κ1) is 11.6. The number of halogens is 1. The fraction of sp³-hybridized carbons (Fsp3) is 0.667. The summed E-state index contributed by atoms with van der Waals surface area (Å²) < 4.78 is 1.07. The highest BCUT2D eigenvalue weighted by Crippen LogP contribution is 2.42. The van der Waals surface area contributed by atoms with Crippen LogP contribution in [0.2, 0.25) is 0 Å². The molecular weight excluding hydrogens is 272 g/mol.